The minimum absolute atomic E-state index is 0.123. The Bertz CT molecular complexity index is 314. The van der Waals surface area contributed by atoms with E-state index in [0.29, 0.717) is 5.41 Å². The van der Waals surface area contributed by atoms with Gasteiger partial charge < -0.3 is 9.64 Å². The Kier molecular flexibility index (Phi) is 3.35. The molecule has 0 aromatic carbocycles. The fourth-order valence-electron chi connectivity index (χ4n) is 3.88. The Morgan fingerprint density at radius 3 is 2.67 bits per heavy atom. The Balaban J connectivity index is 1.59. The minimum Gasteiger partial charge on any atom is -0.368 e. The molecule has 2 heterocycles. The summed E-state index contributed by atoms with van der Waals surface area (Å²) in [5.41, 5.74) is 0.459. The summed E-state index contributed by atoms with van der Waals surface area (Å²) in [6.07, 6.45) is 8.42. The number of carbonyl (C=O) groups excluding carboxylic acids is 1. The number of ether oxygens (including phenoxy) is 1. The van der Waals surface area contributed by atoms with Crippen molar-refractivity contribution in [3.63, 3.8) is 0 Å². The van der Waals surface area contributed by atoms with E-state index in [1.54, 1.807) is 0 Å². The maximum atomic E-state index is 12.3. The average molecular weight is 251 g/mol. The van der Waals surface area contributed by atoms with Crippen molar-refractivity contribution in [1.82, 2.24) is 4.90 Å². The van der Waals surface area contributed by atoms with Crippen molar-refractivity contribution in [3.8, 4) is 0 Å². The zero-order valence-electron chi connectivity index (χ0n) is 11.5. The van der Waals surface area contributed by atoms with Crippen LogP contribution in [0.4, 0.5) is 0 Å². The SMILES string of the molecule is CC1CCC2(CC1)CCN(C(=O)[C@@H]1CCCO1)C2. The van der Waals surface area contributed by atoms with Gasteiger partial charge in [-0.2, -0.15) is 0 Å². The molecule has 3 nitrogen and oxygen atoms in total. The molecule has 2 aliphatic heterocycles. The van der Waals surface area contributed by atoms with Crippen LogP contribution in [0.15, 0.2) is 0 Å². The molecule has 1 spiro atoms. The molecule has 0 aromatic rings. The highest BCUT2D eigenvalue weighted by atomic mass is 16.5. The summed E-state index contributed by atoms with van der Waals surface area (Å²) >= 11 is 0. The second kappa shape index (κ2) is 4.84. The monoisotopic (exact) mass is 251 g/mol. The molecule has 0 N–H and O–H groups in total. The number of hydrogen-bond acceptors (Lipinski definition) is 2. The van der Waals surface area contributed by atoms with E-state index in [-0.39, 0.29) is 12.0 Å². The van der Waals surface area contributed by atoms with Gasteiger partial charge in [-0.3, -0.25) is 4.79 Å². The molecule has 0 aromatic heterocycles. The molecule has 102 valence electrons. The van der Waals surface area contributed by atoms with Crippen molar-refractivity contribution >= 4 is 5.91 Å². The number of carbonyl (C=O) groups is 1. The third kappa shape index (κ3) is 2.29. The van der Waals surface area contributed by atoms with Crippen LogP contribution in [0.3, 0.4) is 0 Å². The third-order valence-electron chi connectivity index (χ3n) is 5.29. The lowest BCUT2D eigenvalue weighted by Gasteiger charge is -2.36. The summed E-state index contributed by atoms with van der Waals surface area (Å²) in [6.45, 7) is 5.09. The standard InChI is InChI=1S/C15H25NO2/c1-12-4-6-15(7-5-12)8-9-16(11-15)14(17)13-3-2-10-18-13/h12-13H,2-11H2,1H3/t12?,13-,15?/m0/s1. The molecule has 0 unspecified atom stereocenters. The molecular formula is C15H25NO2. The van der Waals surface area contributed by atoms with Gasteiger partial charge in [0.05, 0.1) is 0 Å². The fraction of sp³-hybridized carbons (Fsp3) is 0.933. The van der Waals surface area contributed by atoms with E-state index in [1.165, 1.54) is 32.1 Å². The first kappa shape index (κ1) is 12.5. The summed E-state index contributed by atoms with van der Waals surface area (Å²) in [6, 6.07) is 0. The molecule has 18 heavy (non-hydrogen) atoms. The zero-order valence-corrected chi connectivity index (χ0v) is 11.5. The van der Waals surface area contributed by atoms with E-state index >= 15 is 0 Å². The Labute approximate surface area is 110 Å². The Morgan fingerprint density at radius 2 is 2.00 bits per heavy atom. The average Bonchev–Trinajstić information content (AvgIpc) is 3.03. The normalized spacial score (nSPS) is 40.6. The Hall–Kier alpha value is -0.570. The van der Waals surface area contributed by atoms with Crippen LogP contribution in [0.1, 0.15) is 51.9 Å². The first-order chi connectivity index (χ1) is 8.69. The van der Waals surface area contributed by atoms with Crippen LogP contribution < -0.4 is 0 Å². The third-order valence-corrected chi connectivity index (χ3v) is 5.29. The van der Waals surface area contributed by atoms with E-state index in [0.717, 1.165) is 38.5 Å². The lowest BCUT2D eigenvalue weighted by atomic mass is 9.70. The Morgan fingerprint density at radius 1 is 1.22 bits per heavy atom. The van der Waals surface area contributed by atoms with E-state index in [2.05, 4.69) is 11.8 Å². The second-order valence-electron chi connectivity index (χ2n) is 6.69. The van der Waals surface area contributed by atoms with Gasteiger partial charge in [-0.15, -0.1) is 0 Å². The van der Waals surface area contributed by atoms with Crippen LogP contribution >= 0.6 is 0 Å². The summed E-state index contributed by atoms with van der Waals surface area (Å²) in [5.74, 6) is 1.15. The molecule has 1 amide bonds. The smallest absolute Gasteiger partial charge is 0.251 e. The van der Waals surface area contributed by atoms with Crippen molar-refractivity contribution in [2.75, 3.05) is 19.7 Å². The van der Waals surface area contributed by atoms with Crippen LogP contribution in [-0.4, -0.2) is 36.6 Å². The molecule has 3 aliphatic rings. The summed E-state index contributed by atoms with van der Waals surface area (Å²) < 4.78 is 5.53. The number of hydrogen-bond donors (Lipinski definition) is 0. The van der Waals surface area contributed by atoms with Crippen LogP contribution in [0.25, 0.3) is 0 Å². The summed E-state index contributed by atoms with van der Waals surface area (Å²) in [4.78, 5) is 14.4. The lowest BCUT2D eigenvalue weighted by molar-refractivity contribution is -0.140. The topological polar surface area (TPSA) is 29.5 Å². The van der Waals surface area contributed by atoms with E-state index < -0.39 is 0 Å². The number of rotatable bonds is 1. The van der Waals surface area contributed by atoms with Gasteiger partial charge in [0.2, 0.25) is 0 Å². The molecule has 1 saturated carbocycles. The van der Waals surface area contributed by atoms with Gasteiger partial charge in [0, 0.05) is 19.7 Å². The molecule has 1 atom stereocenters. The predicted molar refractivity (Wildman–Crippen MR) is 70.2 cm³/mol. The number of nitrogens with zero attached hydrogens (tertiary/aromatic N) is 1. The van der Waals surface area contributed by atoms with Gasteiger partial charge in [-0.25, -0.2) is 0 Å². The maximum absolute atomic E-state index is 12.3. The van der Waals surface area contributed by atoms with Crippen LogP contribution in [0.5, 0.6) is 0 Å². The van der Waals surface area contributed by atoms with Gasteiger partial charge in [-0.1, -0.05) is 19.8 Å². The largest absolute Gasteiger partial charge is 0.368 e. The quantitative estimate of drug-likeness (QED) is 0.717. The van der Waals surface area contributed by atoms with E-state index in [1.807, 2.05) is 0 Å². The highest BCUT2D eigenvalue weighted by Crippen LogP contribution is 2.45. The van der Waals surface area contributed by atoms with Crippen molar-refractivity contribution in [2.45, 2.75) is 58.0 Å². The first-order valence-corrected chi connectivity index (χ1v) is 7.59. The van der Waals surface area contributed by atoms with Crippen LogP contribution in [0.2, 0.25) is 0 Å². The second-order valence-corrected chi connectivity index (χ2v) is 6.69. The van der Waals surface area contributed by atoms with Crippen molar-refractivity contribution < 1.29 is 9.53 Å². The van der Waals surface area contributed by atoms with E-state index in [9.17, 15) is 4.79 Å². The highest BCUT2D eigenvalue weighted by molar-refractivity contribution is 5.81. The molecule has 3 heteroatoms. The molecule has 0 radical (unpaired) electrons. The van der Waals surface area contributed by atoms with Gasteiger partial charge in [0.25, 0.3) is 5.91 Å². The number of amides is 1. The molecule has 3 rings (SSSR count). The molecule has 0 bridgehead atoms. The van der Waals surface area contributed by atoms with Gasteiger partial charge in [0.1, 0.15) is 6.10 Å². The maximum Gasteiger partial charge on any atom is 0.251 e. The van der Waals surface area contributed by atoms with Crippen molar-refractivity contribution in [1.29, 1.82) is 0 Å². The first-order valence-electron chi connectivity index (χ1n) is 7.59. The van der Waals surface area contributed by atoms with Gasteiger partial charge >= 0.3 is 0 Å². The van der Waals surface area contributed by atoms with Crippen molar-refractivity contribution in [2.24, 2.45) is 11.3 Å². The predicted octanol–water partition coefficient (Wildman–Crippen LogP) is 2.59. The highest BCUT2D eigenvalue weighted by Gasteiger charge is 2.43. The molecule has 3 fully saturated rings. The molecule has 2 saturated heterocycles. The van der Waals surface area contributed by atoms with Crippen molar-refractivity contribution in [3.05, 3.63) is 0 Å². The minimum atomic E-state index is -0.123. The molecular weight excluding hydrogens is 226 g/mol. The van der Waals surface area contributed by atoms with Crippen LogP contribution in [0, 0.1) is 11.3 Å². The van der Waals surface area contributed by atoms with Crippen LogP contribution in [-0.2, 0) is 9.53 Å². The van der Waals surface area contributed by atoms with Gasteiger partial charge in [0.15, 0.2) is 0 Å². The fourth-order valence-corrected chi connectivity index (χ4v) is 3.88. The lowest BCUT2D eigenvalue weighted by Crippen LogP contribution is -2.39. The summed E-state index contributed by atoms with van der Waals surface area (Å²) in [7, 11) is 0. The van der Waals surface area contributed by atoms with E-state index in [4.69, 9.17) is 4.74 Å². The molecule has 1 aliphatic carbocycles. The van der Waals surface area contributed by atoms with Gasteiger partial charge in [-0.05, 0) is 43.4 Å². The summed E-state index contributed by atoms with van der Waals surface area (Å²) in [5, 5.41) is 0. The number of likely N-dealkylation sites (tertiary alicyclic amines) is 1. The zero-order chi connectivity index (χ0) is 12.6.